The second kappa shape index (κ2) is 7.27. The Morgan fingerprint density at radius 2 is 2.08 bits per heavy atom. The molecule has 0 saturated carbocycles. The van der Waals surface area contributed by atoms with Crippen LogP contribution in [0, 0.1) is 0 Å². The van der Waals surface area contributed by atoms with Crippen molar-refractivity contribution in [3.8, 4) is 0 Å². The van der Waals surface area contributed by atoms with Gasteiger partial charge in [0.1, 0.15) is 12.7 Å². The van der Waals surface area contributed by atoms with Gasteiger partial charge in [-0.15, -0.1) is 0 Å². The molecule has 0 saturated heterocycles. The molecule has 0 fully saturated rings. The first-order chi connectivity index (χ1) is 11.6. The zero-order valence-electron chi connectivity index (χ0n) is 13.1. The third-order valence-corrected chi connectivity index (χ3v) is 3.83. The van der Waals surface area contributed by atoms with Gasteiger partial charge in [0.15, 0.2) is 0 Å². The minimum Gasteiger partial charge on any atom is -0.343 e. The SMILES string of the molecule is Cn1ccc([C@@H](NC(=O)CCn2cncn2)c2ccc(Cl)cc2)n1. The quantitative estimate of drug-likeness (QED) is 0.741. The van der Waals surface area contributed by atoms with Gasteiger partial charge in [0.2, 0.25) is 5.91 Å². The van der Waals surface area contributed by atoms with E-state index in [1.807, 2.05) is 31.4 Å². The summed E-state index contributed by atoms with van der Waals surface area (Å²) >= 11 is 5.96. The van der Waals surface area contributed by atoms with Gasteiger partial charge in [0.05, 0.1) is 18.3 Å². The fraction of sp³-hybridized carbons (Fsp3) is 0.250. The number of carbonyl (C=O) groups excluding carboxylic acids is 1. The average Bonchev–Trinajstić information content (AvgIpc) is 3.23. The summed E-state index contributed by atoms with van der Waals surface area (Å²) in [5.74, 6) is -0.0869. The maximum absolute atomic E-state index is 12.3. The van der Waals surface area contributed by atoms with Gasteiger partial charge < -0.3 is 5.32 Å². The average molecular weight is 345 g/mol. The highest BCUT2D eigenvalue weighted by molar-refractivity contribution is 6.30. The lowest BCUT2D eigenvalue weighted by Crippen LogP contribution is -2.30. The van der Waals surface area contributed by atoms with Crippen molar-refractivity contribution in [1.29, 1.82) is 0 Å². The van der Waals surface area contributed by atoms with Crippen LogP contribution in [0.3, 0.4) is 0 Å². The number of benzene rings is 1. The van der Waals surface area contributed by atoms with E-state index in [1.165, 1.54) is 6.33 Å². The lowest BCUT2D eigenvalue weighted by Gasteiger charge is -2.17. The predicted molar refractivity (Wildman–Crippen MR) is 89.3 cm³/mol. The molecule has 1 aromatic carbocycles. The monoisotopic (exact) mass is 344 g/mol. The smallest absolute Gasteiger partial charge is 0.222 e. The number of hydrogen-bond acceptors (Lipinski definition) is 4. The number of carbonyl (C=O) groups is 1. The van der Waals surface area contributed by atoms with Crippen molar-refractivity contribution in [2.45, 2.75) is 19.0 Å². The van der Waals surface area contributed by atoms with Gasteiger partial charge >= 0.3 is 0 Å². The first-order valence-corrected chi connectivity index (χ1v) is 7.86. The standard InChI is InChI=1S/C16H17ClN6O/c1-22-8-6-14(21-22)16(12-2-4-13(17)5-3-12)20-15(24)7-9-23-11-18-10-19-23/h2-6,8,10-11,16H,7,9H2,1H3,(H,20,24)/t16-/m0/s1. The summed E-state index contributed by atoms with van der Waals surface area (Å²) in [5, 5.41) is 12.1. The minimum atomic E-state index is -0.327. The third-order valence-electron chi connectivity index (χ3n) is 3.57. The van der Waals surface area contributed by atoms with Gasteiger partial charge in [-0.2, -0.15) is 10.2 Å². The Hall–Kier alpha value is -2.67. The van der Waals surface area contributed by atoms with Crippen LogP contribution in [0.25, 0.3) is 0 Å². The molecule has 1 atom stereocenters. The lowest BCUT2D eigenvalue weighted by atomic mass is 10.0. The highest BCUT2D eigenvalue weighted by Crippen LogP contribution is 2.22. The molecule has 0 spiro atoms. The maximum Gasteiger partial charge on any atom is 0.222 e. The molecular weight excluding hydrogens is 328 g/mol. The number of nitrogens with zero attached hydrogens (tertiary/aromatic N) is 5. The zero-order valence-corrected chi connectivity index (χ0v) is 13.9. The van der Waals surface area contributed by atoms with Crippen LogP contribution in [-0.2, 0) is 18.4 Å². The summed E-state index contributed by atoms with van der Waals surface area (Å²) in [6.07, 6.45) is 5.19. The van der Waals surface area contributed by atoms with E-state index in [2.05, 4.69) is 20.5 Å². The Morgan fingerprint density at radius 3 is 2.71 bits per heavy atom. The number of aromatic nitrogens is 5. The van der Waals surface area contributed by atoms with Crippen LogP contribution in [-0.4, -0.2) is 30.5 Å². The van der Waals surface area contributed by atoms with Gasteiger partial charge in [0, 0.05) is 24.7 Å². The van der Waals surface area contributed by atoms with E-state index in [4.69, 9.17) is 11.6 Å². The lowest BCUT2D eigenvalue weighted by molar-refractivity contribution is -0.121. The van der Waals surface area contributed by atoms with Crippen molar-refractivity contribution in [2.75, 3.05) is 0 Å². The van der Waals surface area contributed by atoms with Gasteiger partial charge in [-0.1, -0.05) is 23.7 Å². The zero-order chi connectivity index (χ0) is 16.9. The maximum atomic E-state index is 12.3. The first-order valence-electron chi connectivity index (χ1n) is 7.48. The molecule has 0 aliphatic carbocycles. The third kappa shape index (κ3) is 3.99. The Labute approximate surface area is 144 Å². The van der Waals surface area contributed by atoms with Gasteiger partial charge in [-0.3, -0.25) is 14.2 Å². The second-order valence-electron chi connectivity index (χ2n) is 5.37. The van der Waals surface area contributed by atoms with E-state index in [9.17, 15) is 4.79 Å². The summed E-state index contributed by atoms with van der Waals surface area (Å²) in [5.41, 5.74) is 1.70. The van der Waals surface area contributed by atoms with Crippen LogP contribution in [0.15, 0.2) is 49.2 Å². The van der Waals surface area contributed by atoms with Crippen LogP contribution in [0.5, 0.6) is 0 Å². The minimum absolute atomic E-state index is 0.0869. The molecule has 0 aliphatic rings. The summed E-state index contributed by atoms with van der Waals surface area (Å²) in [4.78, 5) is 16.2. The molecule has 3 rings (SSSR count). The van der Waals surface area contributed by atoms with Crippen LogP contribution in [0.2, 0.25) is 5.02 Å². The molecule has 0 unspecified atom stereocenters. The Morgan fingerprint density at radius 1 is 1.29 bits per heavy atom. The molecule has 0 radical (unpaired) electrons. The number of rotatable bonds is 6. The predicted octanol–water partition coefficient (Wildman–Crippen LogP) is 1.96. The normalized spacial score (nSPS) is 12.1. The van der Waals surface area contributed by atoms with E-state index >= 15 is 0 Å². The number of amides is 1. The van der Waals surface area contributed by atoms with E-state index in [0.717, 1.165) is 11.3 Å². The molecule has 2 heterocycles. The molecule has 3 aromatic rings. The molecule has 1 amide bonds. The van der Waals surface area contributed by atoms with Crippen LogP contribution >= 0.6 is 11.6 Å². The largest absolute Gasteiger partial charge is 0.343 e. The van der Waals surface area contributed by atoms with Crippen LogP contribution in [0.4, 0.5) is 0 Å². The van der Waals surface area contributed by atoms with Crippen molar-refractivity contribution in [2.24, 2.45) is 7.05 Å². The molecule has 0 aliphatic heterocycles. The number of aryl methyl sites for hydroxylation is 2. The van der Waals surface area contributed by atoms with Gasteiger partial charge in [-0.25, -0.2) is 4.98 Å². The Bertz CT molecular complexity index is 796. The Kier molecular flexibility index (Phi) is 4.90. The van der Waals surface area contributed by atoms with Crippen LogP contribution in [0.1, 0.15) is 23.7 Å². The fourth-order valence-electron chi connectivity index (χ4n) is 2.37. The van der Waals surface area contributed by atoms with Gasteiger partial charge in [-0.05, 0) is 23.8 Å². The molecule has 2 aromatic heterocycles. The molecule has 1 N–H and O–H groups in total. The molecule has 124 valence electrons. The topological polar surface area (TPSA) is 77.6 Å². The molecule has 0 bridgehead atoms. The van der Waals surface area contributed by atoms with Crippen molar-refractivity contribution in [3.63, 3.8) is 0 Å². The highest BCUT2D eigenvalue weighted by Gasteiger charge is 2.19. The second-order valence-corrected chi connectivity index (χ2v) is 5.81. The fourth-order valence-corrected chi connectivity index (χ4v) is 2.49. The van der Waals surface area contributed by atoms with E-state index < -0.39 is 0 Å². The molecular formula is C16H17ClN6O. The Balaban J connectivity index is 1.74. The first kappa shape index (κ1) is 16.2. The van der Waals surface area contributed by atoms with Gasteiger partial charge in [0.25, 0.3) is 0 Å². The highest BCUT2D eigenvalue weighted by atomic mass is 35.5. The summed E-state index contributed by atoms with van der Waals surface area (Å²) in [6.45, 7) is 0.474. The number of halogens is 1. The molecule has 7 nitrogen and oxygen atoms in total. The number of nitrogens with one attached hydrogen (secondary N) is 1. The van der Waals surface area contributed by atoms with E-state index in [-0.39, 0.29) is 11.9 Å². The molecule has 24 heavy (non-hydrogen) atoms. The molecule has 8 heteroatoms. The van der Waals surface area contributed by atoms with Crippen molar-refractivity contribution in [1.82, 2.24) is 29.9 Å². The summed E-state index contributed by atoms with van der Waals surface area (Å²) < 4.78 is 3.33. The van der Waals surface area contributed by atoms with E-state index in [0.29, 0.717) is 18.0 Å². The summed E-state index contributed by atoms with van der Waals surface area (Å²) in [6, 6.07) is 8.94. The van der Waals surface area contributed by atoms with Crippen molar-refractivity contribution in [3.05, 3.63) is 65.5 Å². The summed E-state index contributed by atoms with van der Waals surface area (Å²) in [7, 11) is 1.84. The van der Waals surface area contributed by atoms with Crippen molar-refractivity contribution < 1.29 is 4.79 Å². The van der Waals surface area contributed by atoms with Crippen molar-refractivity contribution >= 4 is 17.5 Å². The van der Waals surface area contributed by atoms with E-state index in [1.54, 1.807) is 27.8 Å². The number of hydrogen-bond donors (Lipinski definition) is 1. The van der Waals surface area contributed by atoms with Crippen LogP contribution < -0.4 is 5.32 Å².